The van der Waals surface area contributed by atoms with E-state index in [4.69, 9.17) is 16.7 Å². The van der Waals surface area contributed by atoms with Crippen molar-refractivity contribution in [3.8, 4) is 0 Å². The third-order valence-electron chi connectivity index (χ3n) is 3.94. The van der Waals surface area contributed by atoms with E-state index in [0.717, 1.165) is 15.0 Å². The number of amides is 1. The molecule has 5 nitrogen and oxygen atoms in total. The number of hydrogen-bond donors (Lipinski definition) is 2. The zero-order valence-electron chi connectivity index (χ0n) is 12.6. The fourth-order valence-electron chi connectivity index (χ4n) is 2.74. The van der Waals surface area contributed by atoms with Gasteiger partial charge in [-0.05, 0) is 30.3 Å². The molecule has 3 aromatic rings. The number of carbonyl (C=O) groups is 1. The maximum absolute atomic E-state index is 12.3. The third kappa shape index (κ3) is 2.75. The minimum atomic E-state index is -3.86. The van der Waals surface area contributed by atoms with E-state index >= 15 is 0 Å². The summed E-state index contributed by atoms with van der Waals surface area (Å²) in [5.41, 5.74) is 1.39. The fraction of sp³-hybridized carbons (Fsp3) is 0. The molecule has 2 heterocycles. The van der Waals surface area contributed by atoms with Crippen molar-refractivity contribution in [2.24, 2.45) is 5.14 Å². The zero-order valence-corrected chi connectivity index (χ0v) is 15.0. The lowest BCUT2D eigenvalue weighted by atomic mass is 10.1. The van der Waals surface area contributed by atoms with E-state index in [2.05, 4.69) is 5.32 Å². The van der Waals surface area contributed by atoms with E-state index < -0.39 is 10.0 Å². The van der Waals surface area contributed by atoms with Gasteiger partial charge in [-0.25, -0.2) is 13.6 Å². The lowest BCUT2D eigenvalue weighted by molar-refractivity contribution is -0.110. The molecular weight excluding hydrogens is 380 g/mol. The number of rotatable bonds is 2. The lowest BCUT2D eigenvalue weighted by Crippen LogP contribution is -2.12. The first-order valence-electron chi connectivity index (χ1n) is 7.22. The van der Waals surface area contributed by atoms with Gasteiger partial charge in [-0.1, -0.05) is 29.8 Å². The summed E-state index contributed by atoms with van der Waals surface area (Å²) in [5, 5.41) is 9.39. The summed E-state index contributed by atoms with van der Waals surface area (Å²) in [6.45, 7) is 0. The monoisotopic (exact) mass is 390 g/mol. The number of benzene rings is 2. The second-order valence-corrected chi connectivity index (χ2v) is 8.56. The molecule has 0 bridgehead atoms. The molecule has 0 aliphatic carbocycles. The van der Waals surface area contributed by atoms with Gasteiger partial charge in [-0.15, -0.1) is 11.3 Å². The molecule has 1 aromatic heterocycles. The molecule has 2 aromatic carbocycles. The Bertz CT molecular complexity index is 1180. The first-order chi connectivity index (χ1) is 11.8. The van der Waals surface area contributed by atoms with Crippen LogP contribution in [-0.4, -0.2) is 14.3 Å². The van der Waals surface area contributed by atoms with Gasteiger partial charge in [0.1, 0.15) is 0 Å². The minimum absolute atomic E-state index is 0.0453. The normalized spacial score (nSPS) is 15.6. The van der Waals surface area contributed by atoms with Crippen molar-refractivity contribution >= 4 is 66.3 Å². The smallest absolute Gasteiger partial charge is 0.256 e. The average molecular weight is 391 g/mol. The van der Waals surface area contributed by atoms with Crippen LogP contribution in [0, 0.1) is 0 Å². The van der Waals surface area contributed by atoms with E-state index in [1.165, 1.54) is 29.5 Å². The van der Waals surface area contributed by atoms with Crippen LogP contribution in [0.4, 0.5) is 5.69 Å². The maximum Gasteiger partial charge on any atom is 0.256 e. The Morgan fingerprint density at radius 1 is 1.16 bits per heavy atom. The highest BCUT2D eigenvalue weighted by molar-refractivity contribution is 7.89. The van der Waals surface area contributed by atoms with E-state index in [1.54, 1.807) is 6.08 Å². The summed E-state index contributed by atoms with van der Waals surface area (Å²) in [5.74, 6) is -0.310. The summed E-state index contributed by atoms with van der Waals surface area (Å²) in [4.78, 5) is 13.0. The third-order valence-corrected chi connectivity index (χ3v) is 6.49. The van der Waals surface area contributed by atoms with E-state index in [-0.39, 0.29) is 10.8 Å². The van der Waals surface area contributed by atoms with Crippen molar-refractivity contribution in [3.05, 3.63) is 57.9 Å². The van der Waals surface area contributed by atoms with Gasteiger partial charge >= 0.3 is 0 Å². The highest BCUT2D eigenvalue weighted by Crippen LogP contribution is 2.40. The van der Waals surface area contributed by atoms with Gasteiger partial charge < -0.3 is 5.32 Å². The summed E-state index contributed by atoms with van der Waals surface area (Å²) >= 11 is 7.90. The number of thiophene rings is 1. The Kier molecular flexibility index (Phi) is 3.69. The van der Waals surface area contributed by atoms with Crippen molar-refractivity contribution < 1.29 is 13.2 Å². The Morgan fingerprint density at radius 3 is 2.64 bits per heavy atom. The zero-order chi connectivity index (χ0) is 17.8. The molecule has 0 unspecified atom stereocenters. The van der Waals surface area contributed by atoms with Crippen LogP contribution < -0.4 is 10.5 Å². The second kappa shape index (κ2) is 5.67. The molecule has 0 saturated carbocycles. The van der Waals surface area contributed by atoms with Gasteiger partial charge in [0.2, 0.25) is 10.0 Å². The largest absolute Gasteiger partial charge is 0.321 e. The van der Waals surface area contributed by atoms with Crippen LogP contribution in [0.25, 0.3) is 21.7 Å². The molecule has 1 aliphatic heterocycles. The van der Waals surface area contributed by atoms with Gasteiger partial charge in [0, 0.05) is 26.2 Å². The molecule has 0 fully saturated rings. The molecule has 0 spiro atoms. The number of nitrogens with two attached hydrogens (primary N) is 1. The van der Waals surface area contributed by atoms with Crippen molar-refractivity contribution in [2.45, 2.75) is 4.90 Å². The minimum Gasteiger partial charge on any atom is -0.321 e. The number of primary sulfonamides is 1. The van der Waals surface area contributed by atoms with Crippen LogP contribution in [0.5, 0.6) is 0 Å². The van der Waals surface area contributed by atoms with E-state index in [0.29, 0.717) is 21.8 Å². The lowest BCUT2D eigenvalue weighted by Gasteiger charge is -2.02. The molecule has 0 atom stereocenters. The molecule has 25 heavy (non-hydrogen) atoms. The molecule has 1 aliphatic rings. The number of fused-ring (bicyclic) bond motifs is 2. The molecule has 3 N–H and O–H groups in total. The molecule has 4 rings (SSSR count). The molecule has 8 heteroatoms. The summed E-state index contributed by atoms with van der Waals surface area (Å²) < 4.78 is 24.2. The van der Waals surface area contributed by atoms with Crippen LogP contribution in [0.1, 0.15) is 10.4 Å². The molecule has 1 amide bonds. The van der Waals surface area contributed by atoms with E-state index in [9.17, 15) is 13.2 Å². The summed E-state index contributed by atoms with van der Waals surface area (Å²) in [6, 6.07) is 12.0. The fourth-order valence-corrected chi connectivity index (χ4v) is 4.72. The maximum atomic E-state index is 12.3. The Hall–Kier alpha value is -2.19. The topological polar surface area (TPSA) is 89.3 Å². The second-order valence-electron chi connectivity index (χ2n) is 5.54. The Balaban J connectivity index is 1.90. The van der Waals surface area contributed by atoms with Crippen molar-refractivity contribution in [1.82, 2.24) is 0 Å². The van der Waals surface area contributed by atoms with Crippen LogP contribution in [0.15, 0.2) is 47.4 Å². The Labute approximate surface area is 152 Å². The van der Waals surface area contributed by atoms with Gasteiger partial charge in [-0.2, -0.15) is 0 Å². The highest BCUT2D eigenvalue weighted by Gasteiger charge is 2.26. The first-order valence-corrected chi connectivity index (χ1v) is 9.96. The van der Waals surface area contributed by atoms with Crippen molar-refractivity contribution in [1.29, 1.82) is 0 Å². The number of nitrogens with one attached hydrogen (secondary N) is 1. The van der Waals surface area contributed by atoms with Crippen LogP contribution in [0.2, 0.25) is 5.02 Å². The predicted molar refractivity (Wildman–Crippen MR) is 101 cm³/mol. The first kappa shape index (κ1) is 16.3. The van der Waals surface area contributed by atoms with Gasteiger partial charge in [0.05, 0.1) is 15.5 Å². The average Bonchev–Trinajstić information content (AvgIpc) is 3.05. The molecule has 0 radical (unpaired) electrons. The van der Waals surface area contributed by atoms with Crippen LogP contribution >= 0.6 is 22.9 Å². The number of sulfonamides is 1. The SMILES string of the molecule is NS(=O)(=O)c1ccc2c(c1)C(=Cc1sc3ccccc3c1Cl)C(=O)N2. The van der Waals surface area contributed by atoms with Crippen LogP contribution in [-0.2, 0) is 14.8 Å². The van der Waals surface area contributed by atoms with Crippen molar-refractivity contribution in [2.75, 3.05) is 5.32 Å². The number of halogens is 1. The molecule has 126 valence electrons. The molecule has 0 saturated heterocycles. The van der Waals surface area contributed by atoms with Gasteiger partial charge in [0.15, 0.2) is 0 Å². The predicted octanol–water partition coefficient (Wildman–Crippen LogP) is 3.69. The van der Waals surface area contributed by atoms with Gasteiger partial charge in [-0.3, -0.25) is 4.79 Å². The highest BCUT2D eigenvalue weighted by atomic mass is 35.5. The number of anilines is 1. The summed E-state index contributed by atoms with van der Waals surface area (Å²) in [7, 11) is -3.86. The molecular formula is C17H11ClN2O3S2. The standard InChI is InChI=1S/C17H11ClN2O3S2/c18-16-10-3-1-2-4-14(10)24-15(16)8-12-11-7-9(25(19,22)23)5-6-13(11)20-17(12)21/h1-8H,(H,20,21)(H2,19,22,23). The van der Waals surface area contributed by atoms with Crippen molar-refractivity contribution in [3.63, 3.8) is 0 Å². The van der Waals surface area contributed by atoms with E-state index in [1.807, 2.05) is 24.3 Å². The van der Waals surface area contributed by atoms with Gasteiger partial charge in [0.25, 0.3) is 5.91 Å². The van der Waals surface area contributed by atoms with Crippen LogP contribution in [0.3, 0.4) is 0 Å². The quantitative estimate of drug-likeness (QED) is 0.654. The number of carbonyl (C=O) groups excluding carboxylic acids is 1. The summed E-state index contributed by atoms with van der Waals surface area (Å²) in [6.07, 6.45) is 1.68. The Morgan fingerprint density at radius 2 is 1.92 bits per heavy atom. The number of hydrogen-bond acceptors (Lipinski definition) is 4.